The molecule has 0 aromatic heterocycles. The second-order valence-corrected chi connectivity index (χ2v) is 6.99. The van der Waals surface area contributed by atoms with Gasteiger partial charge in [0.05, 0.1) is 6.10 Å². The van der Waals surface area contributed by atoms with Crippen LogP contribution in [0.2, 0.25) is 0 Å². The number of fused-ring (bicyclic) bond motifs is 1. The Labute approximate surface area is 122 Å². The maximum atomic E-state index is 11.6. The summed E-state index contributed by atoms with van der Waals surface area (Å²) in [6.45, 7) is 4.40. The molecule has 0 radical (unpaired) electrons. The van der Waals surface area contributed by atoms with Crippen molar-refractivity contribution in [2.24, 2.45) is 5.92 Å². The van der Waals surface area contributed by atoms with Crippen LogP contribution in [0.5, 0.6) is 0 Å². The molecule has 3 aliphatic rings. The summed E-state index contributed by atoms with van der Waals surface area (Å²) in [5.74, 6) is 1.06. The lowest BCUT2D eigenvalue weighted by Crippen LogP contribution is -2.46. The second kappa shape index (κ2) is 6.02. The smallest absolute Gasteiger partial charge is 0.222 e. The van der Waals surface area contributed by atoms with Gasteiger partial charge in [0.2, 0.25) is 5.91 Å². The number of carbonyl (C=O) groups excluding carboxylic acids is 1. The van der Waals surface area contributed by atoms with Gasteiger partial charge in [-0.2, -0.15) is 0 Å². The van der Waals surface area contributed by atoms with Gasteiger partial charge in [-0.1, -0.05) is 12.8 Å². The number of rotatable bonds is 4. The van der Waals surface area contributed by atoms with Gasteiger partial charge in [0.15, 0.2) is 0 Å². The fourth-order valence-electron chi connectivity index (χ4n) is 4.57. The van der Waals surface area contributed by atoms with E-state index in [0.717, 1.165) is 25.4 Å². The minimum Gasteiger partial charge on any atom is -0.390 e. The van der Waals surface area contributed by atoms with E-state index in [1.807, 2.05) is 4.90 Å². The lowest BCUT2D eigenvalue weighted by Gasteiger charge is -2.35. The highest BCUT2D eigenvalue weighted by Crippen LogP contribution is 2.39. The van der Waals surface area contributed by atoms with Gasteiger partial charge in [-0.05, 0) is 38.5 Å². The summed E-state index contributed by atoms with van der Waals surface area (Å²) in [5, 5.41) is 10.4. The number of aliphatic hydroxyl groups excluding tert-OH is 1. The number of β-amino-alcohol motifs (C(OH)–C–C–N with tert-alkyl or cyclic N) is 1. The Morgan fingerprint density at radius 1 is 1.25 bits per heavy atom. The van der Waals surface area contributed by atoms with Crippen molar-refractivity contribution < 1.29 is 9.90 Å². The Morgan fingerprint density at radius 3 is 2.80 bits per heavy atom. The first-order valence-electron chi connectivity index (χ1n) is 8.36. The molecule has 1 amide bonds. The number of aliphatic hydroxyl groups is 1. The Bertz CT molecular complexity index is 360. The number of hydrogen-bond acceptors (Lipinski definition) is 3. The fourth-order valence-corrected chi connectivity index (χ4v) is 4.57. The molecule has 1 saturated carbocycles. The van der Waals surface area contributed by atoms with Crippen molar-refractivity contribution in [3.8, 4) is 0 Å². The Kier molecular flexibility index (Phi) is 4.32. The monoisotopic (exact) mass is 280 g/mol. The van der Waals surface area contributed by atoms with Gasteiger partial charge in [-0.3, -0.25) is 9.69 Å². The predicted molar refractivity (Wildman–Crippen MR) is 78.4 cm³/mol. The zero-order valence-corrected chi connectivity index (χ0v) is 12.6. The topological polar surface area (TPSA) is 43.8 Å². The Balaban J connectivity index is 1.54. The summed E-state index contributed by atoms with van der Waals surface area (Å²) in [6, 6.07) is 1.27. The number of carbonyl (C=O) groups is 1. The van der Waals surface area contributed by atoms with Crippen molar-refractivity contribution in [3.63, 3.8) is 0 Å². The van der Waals surface area contributed by atoms with Gasteiger partial charge in [-0.25, -0.2) is 0 Å². The Hall–Kier alpha value is -0.610. The fraction of sp³-hybridized carbons (Fsp3) is 0.938. The van der Waals surface area contributed by atoms with Crippen molar-refractivity contribution in [3.05, 3.63) is 0 Å². The first-order chi connectivity index (χ1) is 9.65. The molecule has 0 bridgehead atoms. The highest BCUT2D eigenvalue weighted by molar-refractivity contribution is 5.78. The van der Waals surface area contributed by atoms with Crippen molar-refractivity contribution in [1.29, 1.82) is 0 Å². The van der Waals surface area contributed by atoms with E-state index in [-0.39, 0.29) is 12.0 Å². The van der Waals surface area contributed by atoms with Crippen LogP contribution in [0.4, 0.5) is 0 Å². The SMILES string of the molecule is C[C@@H]1C[C@@H]2CCCC[C@H]2N1C[C@@H](O)CN1CCCC1=O. The normalized spacial score (nSPS) is 36.4. The van der Waals surface area contributed by atoms with E-state index in [0.29, 0.717) is 25.0 Å². The van der Waals surface area contributed by atoms with Gasteiger partial charge in [0, 0.05) is 38.1 Å². The minimum atomic E-state index is -0.389. The zero-order chi connectivity index (χ0) is 14.1. The van der Waals surface area contributed by atoms with Gasteiger partial charge < -0.3 is 10.0 Å². The minimum absolute atomic E-state index is 0.217. The molecule has 2 heterocycles. The van der Waals surface area contributed by atoms with Crippen LogP contribution in [0.3, 0.4) is 0 Å². The standard InChI is InChI=1S/C16H28N2O2/c1-12-9-13-5-2-3-6-15(13)18(12)11-14(19)10-17-8-4-7-16(17)20/h12-15,19H,2-11H2,1H3/t12-,13+,14+,15-/m1/s1. The van der Waals surface area contributed by atoms with Gasteiger partial charge in [-0.15, -0.1) is 0 Å². The summed E-state index contributed by atoms with van der Waals surface area (Å²) in [5.41, 5.74) is 0. The molecule has 1 aliphatic carbocycles. The van der Waals surface area contributed by atoms with Crippen LogP contribution in [0.1, 0.15) is 51.9 Å². The summed E-state index contributed by atoms with van der Waals surface area (Å²) in [7, 11) is 0. The van der Waals surface area contributed by atoms with E-state index >= 15 is 0 Å². The lowest BCUT2D eigenvalue weighted by molar-refractivity contribution is -0.129. The van der Waals surface area contributed by atoms with E-state index in [1.165, 1.54) is 32.1 Å². The molecule has 0 aromatic rings. The van der Waals surface area contributed by atoms with Crippen molar-refractivity contribution in [1.82, 2.24) is 9.80 Å². The first-order valence-corrected chi connectivity index (χ1v) is 8.36. The molecule has 2 aliphatic heterocycles. The van der Waals surface area contributed by atoms with Gasteiger partial charge in [0.25, 0.3) is 0 Å². The van der Waals surface area contributed by atoms with Crippen LogP contribution in [0, 0.1) is 5.92 Å². The van der Waals surface area contributed by atoms with Crippen LogP contribution in [0.25, 0.3) is 0 Å². The highest BCUT2D eigenvalue weighted by Gasteiger charge is 2.40. The van der Waals surface area contributed by atoms with Crippen LogP contribution >= 0.6 is 0 Å². The third-order valence-electron chi connectivity index (χ3n) is 5.53. The highest BCUT2D eigenvalue weighted by atomic mass is 16.3. The molecule has 0 spiro atoms. The van der Waals surface area contributed by atoms with E-state index in [4.69, 9.17) is 0 Å². The summed E-state index contributed by atoms with van der Waals surface area (Å²) in [4.78, 5) is 16.0. The number of amides is 1. The number of likely N-dealkylation sites (tertiary alicyclic amines) is 2. The van der Waals surface area contributed by atoms with Crippen LogP contribution < -0.4 is 0 Å². The van der Waals surface area contributed by atoms with Gasteiger partial charge >= 0.3 is 0 Å². The van der Waals surface area contributed by atoms with Crippen LogP contribution in [0.15, 0.2) is 0 Å². The molecular weight excluding hydrogens is 252 g/mol. The van der Waals surface area contributed by atoms with E-state index in [1.54, 1.807) is 0 Å². The third-order valence-corrected chi connectivity index (χ3v) is 5.53. The molecule has 20 heavy (non-hydrogen) atoms. The van der Waals surface area contributed by atoms with Crippen molar-refractivity contribution in [2.75, 3.05) is 19.6 Å². The number of hydrogen-bond donors (Lipinski definition) is 1. The molecule has 3 rings (SSSR count). The van der Waals surface area contributed by atoms with Crippen molar-refractivity contribution in [2.45, 2.75) is 70.1 Å². The quantitative estimate of drug-likeness (QED) is 0.851. The molecule has 1 N–H and O–H groups in total. The zero-order valence-electron chi connectivity index (χ0n) is 12.6. The van der Waals surface area contributed by atoms with E-state index in [9.17, 15) is 9.90 Å². The van der Waals surface area contributed by atoms with E-state index < -0.39 is 0 Å². The molecule has 2 saturated heterocycles. The lowest BCUT2D eigenvalue weighted by atomic mass is 9.85. The van der Waals surface area contributed by atoms with E-state index in [2.05, 4.69) is 11.8 Å². The molecule has 4 nitrogen and oxygen atoms in total. The maximum Gasteiger partial charge on any atom is 0.222 e. The molecule has 0 unspecified atom stereocenters. The molecule has 0 aromatic carbocycles. The van der Waals surface area contributed by atoms with Crippen LogP contribution in [-0.4, -0.2) is 58.6 Å². The Morgan fingerprint density at radius 2 is 2.05 bits per heavy atom. The average Bonchev–Trinajstić information content (AvgIpc) is 2.95. The number of nitrogens with zero attached hydrogens (tertiary/aromatic N) is 2. The molecule has 3 fully saturated rings. The maximum absolute atomic E-state index is 11.6. The largest absolute Gasteiger partial charge is 0.390 e. The second-order valence-electron chi connectivity index (χ2n) is 6.99. The summed E-state index contributed by atoms with van der Waals surface area (Å²) >= 11 is 0. The molecule has 114 valence electrons. The van der Waals surface area contributed by atoms with Gasteiger partial charge in [0.1, 0.15) is 0 Å². The van der Waals surface area contributed by atoms with Crippen molar-refractivity contribution >= 4 is 5.91 Å². The summed E-state index contributed by atoms with van der Waals surface area (Å²) < 4.78 is 0. The average molecular weight is 280 g/mol. The molecule has 4 heteroatoms. The summed E-state index contributed by atoms with van der Waals surface area (Å²) in [6.07, 6.45) is 7.91. The molecular formula is C16H28N2O2. The predicted octanol–water partition coefficient (Wildman–Crippen LogP) is 1.62. The first kappa shape index (κ1) is 14.3. The third kappa shape index (κ3) is 2.86. The molecule has 4 atom stereocenters. The van der Waals surface area contributed by atoms with Crippen LogP contribution in [-0.2, 0) is 4.79 Å².